The lowest BCUT2D eigenvalue weighted by Gasteiger charge is -2.40. The Kier molecular flexibility index (Phi) is 63.9. The first-order valence-corrected chi connectivity index (χ1v) is 38.7. The van der Waals surface area contributed by atoms with Gasteiger partial charge in [0.2, 0.25) is 5.91 Å². The van der Waals surface area contributed by atoms with Gasteiger partial charge in [-0.1, -0.05) is 406 Å². The van der Waals surface area contributed by atoms with Crippen molar-refractivity contribution in [2.45, 2.75) is 468 Å². The first-order valence-electron chi connectivity index (χ1n) is 38.7. The summed E-state index contributed by atoms with van der Waals surface area (Å²) >= 11 is 0. The highest BCUT2D eigenvalue weighted by Gasteiger charge is 2.44. The van der Waals surface area contributed by atoms with Crippen molar-refractivity contribution in [3.05, 3.63) is 0 Å². The van der Waals surface area contributed by atoms with E-state index in [0.29, 0.717) is 12.8 Å². The van der Waals surface area contributed by atoms with Crippen LogP contribution in [0.1, 0.15) is 425 Å². The van der Waals surface area contributed by atoms with Crippen LogP contribution in [0.25, 0.3) is 0 Å². The lowest BCUT2D eigenvalue weighted by molar-refractivity contribution is -0.302. The number of nitrogens with one attached hydrogen (secondary N) is 1. The van der Waals surface area contributed by atoms with Gasteiger partial charge in [0.25, 0.3) is 0 Å². The number of aliphatic hydroxyl groups excluding tert-OH is 5. The summed E-state index contributed by atoms with van der Waals surface area (Å²) in [6, 6.07) is -0.715. The molecule has 0 aromatic heterocycles. The number of ether oxygens (including phenoxy) is 2. The molecule has 7 unspecified atom stereocenters. The van der Waals surface area contributed by atoms with E-state index in [4.69, 9.17) is 9.47 Å². The molecule has 9 nitrogen and oxygen atoms in total. The maximum Gasteiger partial charge on any atom is 0.220 e. The van der Waals surface area contributed by atoms with E-state index in [0.717, 1.165) is 38.5 Å². The number of carbonyl (C=O) groups is 1. The second kappa shape index (κ2) is 66.1. The number of carbonyl (C=O) groups excluding carboxylic acids is 1. The van der Waals surface area contributed by atoms with Crippen LogP contribution < -0.4 is 5.32 Å². The molecule has 1 saturated heterocycles. The van der Waals surface area contributed by atoms with Crippen molar-refractivity contribution in [3.8, 4) is 0 Å². The highest BCUT2D eigenvalue weighted by Crippen LogP contribution is 2.24. The first kappa shape index (κ1) is 82.2. The second-order valence-corrected chi connectivity index (χ2v) is 27.5. The monoisotopic (exact) mass is 1210 g/mol. The summed E-state index contributed by atoms with van der Waals surface area (Å²) in [6.45, 7) is 3.91. The standard InChI is InChI=1S/C76H151NO8/c1-3-5-7-9-11-13-15-17-19-21-23-25-26-27-28-29-30-31-32-33-34-35-36-37-38-39-40-41-42-43-44-46-48-50-52-54-56-58-60-62-64-66-72(80)77-69(68-84-76-75(83)74(82)73(81)71(67-78)85-76)70(79)65-63-61-59-57-55-53-51-49-47-45-24-22-20-18-16-14-12-10-8-6-4-2/h69-71,73-76,78-79,81-83H,3-68H2,1-2H3,(H,77,80). The van der Waals surface area contributed by atoms with Crippen LogP contribution in [-0.2, 0) is 14.3 Å². The zero-order chi connectivity index (χ0) is 61.4. The maximum atomic E-state index is 13.2. The Morgan fingerprint density at radius 3 is 0.835 bits per heavy atom. The molecule has 0 radical (unpaired) electrons. The summed E-state index contributed by atoms with van der Waals surface area (Å²) < 4.78 is 11.4. The van der Waals surface area contributed by atoms with Gasteiger partial charge in [0.1, 0.15) is 24.4 Å². The summed E-state index contributed by atoms with van der Waals surface area (Å²) in [4.78, 5) is 13.2. The molecule has 6 N–H and O–H groups in total. The molecule has 0 aliphatic carbocycles. The summed E-state index contributed by atoms with van der Waals surface area (Å²) in [5, 5.41) is 55.0. The molecule has 0 spiro atoms. The van der Waals surface area contributed by atoms with Crippen LogP contribution in [0.15, 0.2) is 0 Å². The van der Waals surface area contributed by atoms with Crippen molar-refractivity contribution in [3.63, 3.8) is 0 Å². The van der Waals surface area contributed by atoms with E-state index < -0.39 is 49.5 Å². The van der Waals surface area contributed by atoms with Gasteiger partial charge in [-0.25, -0.2) is 0 Å². The molecule has 0 saturated carbocycles. The maximum absolute atomic E-state index is 13.2. The predicted octanol–water partition coefficient (Wildman–Crippen LogP) is 21.7. The minimum Gasteiger partial charge on any atom is -0.394 e. The smallest absolute Gasteiger partial charge is 0.220 e. The Hall–Kier alpha value is -0.810. The van der Waals surface area contributed by atoms with Crippen LogP contribution in [0.2, 0.25) is 0 Å². The van der Waals surface area contributed by atoms with Gasteiger partial charge in [0.05, 0.1) is 25.4 Å². The molecule has 0 bridgehead atoms. The van der Waals surface area contributed by atoms with Crippen molar-refractivity contribution >= 4 is 5.91 Å². The summed E-state index contributed by atoms with van der Waals surface area (Å²) in [5.41, 5.74) is 0. The van der Waals surface area contributed by atoms with Crippen molar-refractivity contribution in [1.29, 1.82) is 0 Å². The zero-order valence-corrected chi connectivity index (χ0v) is 57.2. The van der Waals surface area contributed by atoms with Crippen LogP contribution in [0.4, 0.5) is 0 Å². The number of aliphatic hydroxyl groups is 5. The van der Waals surface area contributed by atoms with E-state index in [9.17, 15) is 30.3 Å². The summed E-state index contributed by atoms with van der Waals surface area (Å²) in [7, 11) is 0. The van der Waals surface area contributed by atoms with Crippen molar-refractivity contribution < 1.29 is 39.8 Å². The van der Waals surface area contributed by atoms with E-state index in [2.05, 4.69) is 19.2 Å². The zero-order valence-electron chi connectivity index (χ0n) is 57.2. The number of unbranched alkanes of at least 4 members (excludes halogenated alkanes) is 60. The van der Waals surface area contributed by atoms with E-state index in [1.807, 2.05) is 0 Å². The number of hydrogen-bond donors (Lipinski definition) is 6. The summed E-state index contributed by atoms with van der Waals surface area (Å²) in [5.74, 6) is -0.132. The van der Waals surface area contributed by atoms with Gasteiger partial charge in [-0.05, 0) is 12.8 Å². The quantitative estimate of drug-likeness (QED) is 0.0330. The molecule has 85 heavy (non-hydrogen) atoms. The summed E-state index contributed by atoms with van der Waals surface area (Å²) in [6.07, 6.45) is 77.9. The molecule has 0 aromatic rings. The van der Waals surface area contributed by atoms with E-state index >= 15 is 0 Å². The Morgan fingerprint density at radius 2 is 0.588 bits per heavy atom. The Labute approximate surface area is 529 Å². The fourth-order valence-corrected chi connectivity index (χ4v) is 13.2. The van der Waals surface area contributed by atoms with Gasteiger partial charge in [0, 0.05) is 6.42 Å². The van der Waals surface area contributed by atoms with E-state index in [-0.39, 0.29) is 12.5 Å². The van der Waals surface area contributed by atoms with Crippen LogP contribution >= 0.6 is 0 Å². The first-order chi connectivity index (χ1) is 41.8. The number of amides is 1. The normalized spacial score (nSPS) is 17.9. The van der Waals surface area contributed by atoms with Gasteiger partial charge in [-0.3, -0.25) is 4.79 Å². The number of hydrogen-bond acceptors (Lipinski definition) is 8. The van der Waals surface area contributed by atoms with Crippen LogP contribution in [0.5, 0.6) is 0 Å². The molecule has 1 rings (SSSR count). The lowest BCUT2D eigenvalue weighted by Crippen LogP contribution is -2.60. The fraction of sp³-hybridized carbons (Fsp3) is 0.987. The van der Waals surface area contributed by atoms with Crippen molar-refractivity contribution in [2.75, 3.05) is 13.2 Å². The van der Waals surface area contributed by atoms with Gasteiger partial charge >= 0.3 is 0 Å². The third-order valence-electron chi connectivity index (χ3n) is 19.2. The van der Waals surface area contributed by atoms with Gasteiger partial charge in [-0.15, -0.1) is 0 Å². The topological polar surface area (TPSA) is 149 Å². The van der Waals surface area contributed by atoms with Crippen LogP contribution in [-0.4, -0.2) is 87.5 Å². The number of rotatable bonds is 70. The fourth-order valence-electron chi connectivity index (χ4n) is 13.2. The van der Waals surface area contributed by atoms with E-state index in [1.54, 1.807) is 0 Å². The average Bonchev–Trinajstić information content (AvgIpc) is 3.68. The Balaban J connectivity index is 2.00. The largest absolute Gasteiger partial charge is 0.394 e. The molecule has 7 atom stereocenters. The van der Waals surface area contributed by atoms with E-state index in [1.165, 1.54) is 360 Å². The SMILES string of the molecule is CCCCCCCCCCCCCCCCCCCCCCCCCCCCCCCCCCCCCCCCCCCC(=O)NC(COC1OC(CO)C(O)C(O)C1O)C(O)CCCCCCCCCCCCCCCCCCCCCCC. The minimum atomic E-state index is -1.55. The minimum absolute atomic E-state index is 0.130. The molecule has 508 valence electrons. The molecular weight excluding hydrogens is 1050 g/mol. The third kappa shape index (κ3) is 54.6. The molecule has 1 amide bonds. The van der Waals surface area contributed by atoms with Gasteiger partial charge in [-0.2, -0.15) is 0 Å². The average molecular weight is 1210 g/mol. The van der Waals surface area contributed by atoms with Gasteiger partial charge in [0.15, 0.2) is 6.29 Å². The van der Waals surface area contributed by atoms with Crippen molar-refractivity contribution in [1.82, 2.24) is 5.32 Å². The molecule has 1 aliphatic rings. The second-order valence-electron chi connectivity index (χ2n) is 27.5. The van der Waals surface area contributed by atoms with Crippen molar-refractivity contribution in [2.24, 2.45) is 0 Å². The Morgan fingerprint density at radius 1 is 0.353 bits per heavy atom. The molecule has 1 fully saturated rings. The lowest BCUT2D eigenvalue weighted by atomic mass is 9.99. The highest BCUT2D eigenvalue weighted by atomic mass is 16.7. The molecule has 0 aromatic carbocycles. The Bertz CT molecular complexity index is 1300. The van der Waals surface area contributed by atoms with Crippen LogP contribution in [0.3, 0.4) is 0 Å². The van der Waals surface area contributed by atoms with Gasteiger partial charge < -0.3 is 40.3 Å². The molecule has 1 aliphatic heterocycles. The molecular formula is C76H151NO8. The highest BCUT2D eigenvalue weighted by molar-refractivity contribution is 5.76. The predicted molar refractivity (Wildman–Crippen MR) is 364 cm³/mol. The molecule has 1 heterocycles. The third-order valence-corrected chi connectivity index (χ3v) is 19.2. The van der Waals surface area contributed by atoms with Crippen LogP contribution in [0, 0.1) is 0 Å². The molecule has 9 heteroatoms.